The molecule has 0 N–H and O–H groups in total. The number of fused-ring (bicyclic) bond motifs is 2. The van der Waals surface area contributed by atoms with Crippen LogP contribution >= 0.6 is 36.0 Å². The number of hydrogen-bond donors (Lipinski definition) is 0. The standard InChI is InChI=1S/C20H24S4Te/c1-5-13-9-10-14(6-2)18-17(13)21-25(22-18)23-19-15(7-3)11-12-16(8-4)20(19)24-25/h9-12H,5-8H2,1-4H3. The molecule has 2 aromatic rings. The van der Waals surface area contributed by atoms with Crippen LogP contribution in [-0.2, 0) is 25.7 Å². The van der Waals surface area contributed by atoms with E-state index in [1.807, 2.05) is 0 Å². The summed E-state index contributed by atoms with van der Waals surface area (Å²) in [4.78, 5) is 6.54. The molecule has 2 aliphatic rings. The van der Waals surface area contributed by atoms with Gasteiger partial charge in [0.15, 0.2) is 0 Å². The predicted octanol–water partition coefficient (Wildman–Crippen LogP) is 7.47. The average molecular weight is 520 g/mol. The van der Waals surface area contributed by atoms with Crippen molar-refractivity contribution in [1.82, 2.24) is 0 Å². The van der Waals surface area contributed by atoms with Crippen molar-refractivity contribution in [3.63, 3.8) is 0 Å². The Morgan fingerprint density at radius 2 is 0.760 bits per heavy atom. The van der Waals surface area contributed by atoms with Crippen molar-refractivity contribution in [3.05, 3.63) is 46.5 Å². The van der Waals surface area contributed by atoms with Gasteiger partial charge in [0, 0.05) is 0 Å². The van der Waals surface area contributed by atoms with Crippen molar-refractivity contribution in [2.45, 2.75) is 73.0 Å². The molecule has 4 rings (SSSR count). The first-order chi connectivity index (χ1) is 12.1. The second-order valence-electron chi connectivity index (χ2n) is 6.24. The van der Waals surface area contributed by atoms with E-state index in [-0.39, 0.29) is 0 Å². The number of benzene rings is 2. The zero-order chi connectivity index (χ0) is 17.6. The molecule has 0 aromatic heterocycles. The van der Waals surface area contributed by atoms with Crippen LogP contribution in [0, 0.1) is 0 Å². The predicted molar refractivity (Wildman–Crippen MR) is 120 cm³/mol. The SMILES string of the molecule is CCc1ccc(CC)c2c1S[Te]1(S2)Sc2c(CC)ccc(CC)c2S1. The summed E-state index contributed by atoms with van der Waals surface area (Å²) >= 11 is -2.24. The Bertz CT molecular complexity index is 692. The summed E-state index contributed by atoms with van der Waals surface area (Å²) in [5.74, 6) is 0. The molecule has 0 aliphatic carbocycles. The van der Waals surface area contributed by atoms with Crippen molar-refractivity contribution >= 4 is 48.6 Å². The van der Waals surface area contributed by atoms with E-state index in [9.17, 15) is 0 Å². The van der Waals surface area contributed by atoms with Crippen LogP contribution in [0.15, 0.2) is 43.8 Å². The van der Waals surface area contributed by atoms with E-state index in [2.05, 4.69) is 87.9 Å². The second kappa shape index (κ2) is 7.57. The van der Waals surface area contributed by atoms with Gasteiger partial charge in [-0.1, -0.05) is 0 Å². The van der Waals surface area contributed by atoms with Gasteiger partial charge in [-0.3, -0.25) is 0 Å². The summed E-state index contributed by atoms with van der Waals surface area (Å²) < 4.78 is 0. The summed E-state index contributed by atoms with van der Waals surface area (Å²) in [5.41, 5.74) is 6.26. The van der Waals surface area contributed by atoms with E-state index >= 15 is 0 Å². The number of hydrogen-bond acceptors (Lipinski definition) is 4. The van der Waals surface area contributed by atoms with Gasteiger partial charge in [-0.05, 0) is 0 Å². The Kier molecular flexibility index (Phi) is 5.74. The topological polar surface area (TPSA) is 0 Å². The van der Waals surface area contributed by atoms with Crippen molar-refractivity contribution in [3.8, 4) is 0 Å². The Morgan fingerprint density at radius 1 is 0.520 bits per heavy atom. The van der Waals surface area contributed by atoms with Crippen LogP contribution in [0.3, 0.4) is 0 Å². The van der Waals surface area contributed by atoms with Gasteiger partial charge < -0.3 is 0 Å². The molecule has 0 nitrogen and oxygen atoms in total. The molecule has 2 aliphatic heterocycles. The third kappa shape index (κ3) is 3.22. The summed E-state index contributed by atoms with van der Waals surface area (Å²) in [6.45, 7) is 9.22. The fourth-order valence-electron chi connectivity index (χ4n) is 3.28. The van der Waals surface area contributed by atoms with E-state index in [1.54, 1.807) is 41.8 Å². The van der Waals surface area contributed by atoms with Gasteiger partial charge in [-0.2, -0.15) is 0 Å². The quantitative estimate of drug-likeness (QED) is 0.384. The normalized spacial score (nSPS) is 18.4. The third-order valence-corrected chi connectivity index (χ3v) is 37.6. The first-order valence-electron chi connectivity index (χ1n) is 9.05. The molecule has 0 unspecified atom stereocenters. The zero-order valence-electron chi connectivity index (χ0n) is 15.2. The number of aryl methyl sites for hydroxylation is 4. The molecule has 0 radical (unpaired) electrons. The van der Waals surface area contributed by atoms with Gasteiger partial charge in [0.1, 0.15) is 0 Å². The fraction of sp³-hybridized carbons (Fsp3) is 0.400. The summed E-state index contributed by atoms with van der Waals surface area (Å²) in [6, 6.07) is 9.55. The summed E-state index contributed by atoms with van der Waals surface area (Å²) in [5, 5.41) is 0. The minimum absolute atomic E-state index is 1.15. The average Bonchev–Trinajstić information content (AvgIpc) is 3.19. The van der Waals surface area contributed by atoms with Crippen molar-refractivity contribution in [2.24, 2.45) is 0 Å². The van der Waals surface area contributed by atoms with E-state index in [4.69, 9.17) is 0 Å². The first kappa shape index (κ1) is 19.0. The van der Waals surface area contributed by atoms with E-state index in [0.29, 0.717) is 0 Å². The Hall–Kier alpha value is 0.630. The molecule has 0 fully saturated rings. The van der Waals surface area contributed by atoms with Gasteiger partial charge in [0.2, 0.25) is 0 Å². The van der Waals surface area contributed by atoms with Crippen LogP contribution in [0.25, 0.3) is 0 Å². The minimum atomic E-state index is -2.24. The molecule has 5 heteroatoms. The fourth-order valence-corrected chi connectivity index (χ4v) is 44.7. The molecule has 134 valence electrons. The van der Waals surface area contributed by atoms with Crippen LogP contribution < -0.4 is 0 Å². The van der Waals surface area contributed by atoms with Crippen molar-refractivity contribution in [1.29, 1.82) is 0 Å². The van der Waals surface area contributed by atoms with Gasteiger partial charge in [0.05, 0.1) is 0 Å². The molecule has 2 aromatic carbocycles. The first-order valence-corrected chi connectivity index (χ1v) is 23.4. The van der Waals surface area contributed by atoms with Crippen LogP contribution in [-0.4, -0.2) is 12.7 Å². The van der Waals surface area contributed by atoms with Crippen LogP contribution in [0.2, 0.25) is 0 Å². The maximum absolute atomic E-state index is 2.39. The molecule has 2 heterocycles. The summed E-state index contributed by atoms with van der Waals surface area (Å²) in [6.07, 6.45) is 4.62. The Morgan fingerprint density at radius 3 is 0.960 bits per heavy atom. The molecular weight excluding hydrogens is 496 g/mol. The van der Waals surface area contributed by atoms with Crippen molar-refractivity contribution in [2.75, 3.05) is 0 Å². The van der Waals surface area contributed by atoms with Gasteiger partial charge in [0.25, 0.3) is 0 Å². The number of rotatable bonds is 4. The van der Waals surface area contributed by atoms with Crippen LogP contribution in [0.1, 0.15) is 49.9 Å². The van der Waals surface area contributed by atoms with Gasteiger partial charge in [-0.25, -0.2) is 0 Å². The second-order valence-corrected chi connectivity index (χ2v) is 38.5. The summed E-state index contributed by atoms with van der Waals surface area (Å²) in [7, 11) is 9.20. The molecular formula is C20H24S4Te. The van der Waals surface area contributed by atoms with Gasteiger partial charge in [-0.15, -0.1) is 0 Å². The van der Waals surface area contributed by atoms with E-state index in [1.165, 1.54) is 0 Å². The maximum atomic E-state index is 2.39. The molecule has 0 saturated heterocycles. The zero-order valence-corrected chi connectivity index (χ0v) is 20.8. The Labute approximate surface area is 166 Å². The molecule has 0 saturated carbocycles. The third-order valence-electron chi connectivity index (χ3n) is 4.82. The van der Waals surface area contributed by atoms with E-state index < -0.39 is 12.7 Å². The monoisotopic (exact) mass is 522 g/mol. The van der Waals surface area contributed by atoms with Crippen LogP contribution in [0.4, 0.5) is 0 Å². The molecule has 0 bridgehead atoms. The molecule has 25 heavy (non-hydrogen) atoms. The van der Waals surface area contributed by atoms with Crippen LogP contribution in [0.5, 0.6) is 0 Å². The van der Waals surface area contributed by atoms with E-state index in [0.717, 1.165) is 25.7 Å². The molecule has 0 amide bonds. The molecule has 0 atom stereocenters. The Balaban J connectivity index is 1.77. The molecule has 1 spiro atoms. The van der Waals surface area contributed by atoms with Crippen molar-refractivity contribution < 1.29 is 0 Å². The van der Waals surface area contributed by atoms with Gasteiger partial charge >= 0.3 is 168 Å².